The Morgan fingerprint density at radius 1 is 1.30 bits per heavy atom. The van der Waals surface area contributed by atoms with Gasteiger partial charge in [0.25, 0.3) is 5.56 Å². The van der Waals surface area contributed by atoms with Gasteiger partial charge in [0.2, 0.25) is 0 Å². The van der Waals surface area contributed by atoms with Gasteiger partial charge in [-0.3, -0.25) is 9.59 Å². The van der Waals surface area contributed by atoms with Crippen molar-refractivity contribution >= 4 is 45.8 Å². The van der Waals surface area contributed by atoms with Crippen molar-refractivity contribution in [2.45, 2.75) is 18.3 Å². The van der Waals surface area contributed by atoms with Gasteiger partial charge in [0, 0.05) is 18.9 Å². The molecule has 1 aromatic heterocycles. The zero-order chi connectivity index (χ0) is 19.7. The molecule has 27 heavy (non-hydrogen) atoms. The van der Waals surface area contributed by atoms with Gasteiger partial charge in [0.1, 0.15) is 5.38 Å². The van der Waals surface area contributed by atoms with Crippen molar-refractivity contribution in [1.29, 1.82) is 0 Å². The van der Waals surface area contributed by atoms with Gasteiger partial charge < -0.3 is 15.2 Å². The first kappa shape index (κ1) is 19.2. The Bertz CT molecular complexity index is 1040. The normalized spacial score (nSPS) is 17.6. The molecule has 1 aromatic carbocycles. The first-order valence-electron chi connectivity index (χ1n) is 8.21. The van der Waals surface area contributed by atoms with Crippen LogP contribution in [0.2, 0.25) is 5.02 Å². The molecule has 0 saturated heterocycles. The van der Waals surface area contributed by atoms with Gasteiger partial charge in [0.15, 0.2) is 5.78 Å². The molecule has 0 saturated carbocycles. The lowest BCUT2D eigenvalue weighted by Gasteiger charge is -2.27. The topological polar surface area (TPSA) is 82.3 Å². The maximum absolute atomic E-state index is 12.6. The van der Waals surface area contributed by atoms with Crippen molar-refractivity contribution in [3.8, 4) is 0 Å². The maximum atomic E-state index is 12.6. The van der Waals surface area contributed by atoms with Gasteiger partial charge in [-0.1, -0.05) is 23.7 Å². The van der Waals surface area contributed by atoms with Gasteiger partial charge in [0.05, 0.1) is 16.5 Å². The summed E-state index contributed by atoms with van der Waals surface area (Å²) in [6.07, 6.45) is 5.90. The molecule has 3 rings (SSSR count). The molecule has 6 nitrogen and oxygen atoms in total. The zero-order valence-electron chi connectivity index (χ0n) is 14.6. The molecule has 1 aliphatic carbocycles. The highest BCUT2D eigenvalue weighted by atomic mass is 35.5. The van der Waals surface area contributed by atoms with Crippen LogP contribution in [0.5, 0.6) is 0 Å². The number of carbonyl (C=O) groups is 2. The number of fused-ring (bicyclic) bond motifs is 1. The van der Waals surface area contributed by atoms with E-state index in [1.807, 2.05) is 6.92 Å². The summed E-state index contributed by atoms with van der Waals surface area (Å²) >= 11 is 12.1. The van der Waals surface area contributed by atoms with Crippen LogP contribution in [0.4, 0.5) is 4.79 Å². The van der Waals surface area contributed by atoms with Crippen LogP contribution in [0.3, 0.4) is 0 Å². The van der Waals surface area contributed by atoms with Crippen LogP contribution in [0.1, 0.15) is 18.5 Å². The summed E-state index contributed by atoms with van der Waals surface area (Å²) in [4.78, 5) is 40.3. The molecule has 140 valence electrons. The number of halogens is 2. The molecule has 2 amide bonds. The number of aromatic nitrogens is 1. The zero-order valence-corrected chi connectivity index (χ0v) is 16.1. The van der Waals surface area contributed by atoms with E-state index in [1.165, 1.54) is 23.1 Å². The summed E-state index contributed by atoms with van der Waals surface area (Å²) in [5, 5.41) is 3.35. The van der Waals surface area contributed by atoms with Crippen LogP contribution < -0.4 is 10.9 Å². The number of rotatable bonds is 3. The predicted molar refractivity (Wildman–Crippen MR) is 106 cm³/mol. The second kappa shape index (κ2) is 7.58. The molecule has 0 aliphatic heterocycles. The number of pyridine rings is 1. The van der Waals surface area contributed by atoms with Crippen molar-refractivity contribution in [2.24, 2.45) is 0 Å². The van der Waals surface area contributed by atoms with E-state index >= 15 is 0 Å². The number of nitrogens with zero attached hydrogens (tertiary/aromatic N) is 1. The number of amides is 2. The second-order valence-corrected chi connectivity index (χ2v) is 7.09. The first-order valence-corrected chi connectivity index (χ1v) is 9.02. The maximum Gasteiger partial charge on any atom is 0.322 e. The molecular weight excluding hydrogens is 389 g/mol. The summed E-state index contributed by atoms with van der Waals surface area (Å²) in [5.41, 5.74) is 0.922. The SMILES string of the molecule is CC(c1c[nH]c(=O)c2c(Cl)cccc12)N(C)C(=O)NC1=C[C@@H](Cl)C(=O)C=C1. The van der Waals surface area contributed by atoms with Gasteiger partial charge in [-0.15, -0.1) is 11.6 Å². The molecular formula is C19H17Cl2N3O3. The van der Waals surface area contributed by atoms with Gasteiger partial charge >= 0.3 is 6.03 Å². The molecule has 2 atom stereocenters. The molecule has 8 heteroatoms. The Kier molecular flexibility index (Phi) is 5.39. The quantitative estimate of drug-likeness (QED) is 0.766. The highest BCUT2D eigenvalue weighted by Crippen LogP contribution is 2.28. The number of allylic oxidation sites excluding steroid dienone is 3. The third-order valence-electron chi connectivity index (χ3n) is 4.54. The molecule has 2 N–H and O–H groups in total. The molecule has 1 heterocycles. The minimum Gasteiger partial charge on any atom is -0.328 e. The lowest BCUT2D eigenvalue weighted by molar-refractivity contribution is -0.113. The van der Waals surface area contributed by atoms with Crippen molar-refractivity contribution < 1.29 is 9.59 Å². The van der Waals surface area contributed by atoms with Crippen molar-refractivity contribution in [2.75, 3.05) is 7.05 Å². The first-order chi connectivity index (χ1) is 12.8. The lowest BCUT2D eigenvalue weighted by atomic mass is 10.0. The molecule has 0 spiro atoms. The monoisotopic (exact) mass is 405 g/mol. The van der Waals surface area contributed by atoms with Crippen LogP contribution >= 0.6 is 23.2 Å². The lowest BCUT2D eigenvalue weighted by Crippen LogP contribution is -2.39. The molecule has 0 radical (unpaired) electrons. The van der Waals surface area contributed by atoms with Crippen LogP contribution in [0, 0.1) is 0 Å². The summed E-state index contributed by atoms with van der Waals surface area (Å²) in [7, 11) is 1.64. The number of hydrogen-bond donors (Lipinski definition) is 2. The molecule has 1 aliphatic rings. The summed E-state index contributed by atoms with van der Waals surface area (Å²) in [6, 6.07) is 4.47. The molecule has 2 aromatic rings. The van der Waals surface area contributed by atoms with Crippen molar-refractivity contribution in [1.82, 2.24) is 15.2 Å². The van der Waals surface area contributed by atoms with E-state index in [1.54, 1.807) is 31.4 Å². The summed E-state index contributed by atoms with van der Waals surface area (Å²) in [5.74, 6) is -0.229. The Hall–Kier alpha value is -2.57. The number of aromatic amines is 1. The number of ketones is 1. The van der Waals surface area contributed by atoms with Gasteiger partial charge in [-0.05, 0) is 42.2 Å². The van der Waals surface area contributed by atoms with Gasteiger partial charge in [-0.2, -0.15) is 0 Å². The van der Waals surface area contributed by atoms with Crippen LogP contribution in [-0.4, -0.2) is 34.1 Å². The smallest absolute Gasteiger partial charge is 0.322 e. The standard InChI is InChI=1S/C19H17Cl2N3O3/c1-10(13-9-22-18(26)17-12(13)4-3-5-14(17)20)24(2)19(27)23-11-6-7-16(25)15(21)8-11/h3-10,15H,1-2H3,(H,22,26)(H,23,27)/t10?,15-/m1/s1. The fraction of sp³-hybridized carbons (Fsp3) is 0.211. The Morgan fingerprint density at radius 2 is 2.04 bits per heavy atom. The number of urea groups is 1. The fourth-order valence-electron chi connectivity index (χ4n) is 2.87. The highest BCUT2D eigenvalue weighted by molar-refractivity contribution is 6.35. The van der Waals surface area contributed by atoms with E-state index in [-0.39, 0.29) is 23.4 Å². The van der Waals surface area contributed by atoms with E-state index in [2.05, 4.69) is 10.3 Å². The Labute approximate surface area is 165 Å². The summed E-state index contributed by atoms with van der Waals surface area (Å²) in [6.45, 7) is 1.84. The van der Waals surface area contributed by atoms with Crippen LogP contribution in [0.25, 0.3) is 10.8 Å². The van der Waals surface area contributed by atoms with Gasteiger partial charge in [-0.25, -0.2) is 4.79 Å². The number of hydrogen-bond acceptors (Lipinski definition) is 3. The number of nitrogens with one attached hydrogen (secondary N) is 2. The van der Waals surface area contributed by atoms with E-state index in [4.69, 9.17) is 23.2 Å². The molecule has 0 bridgehead atoms. The highest BCUT2D eigenvalue weighted by Gasteiger charge is 2.22. The van der Waals surface area contributed by atoms with Crippen LogP contribution in [0.15, 0.2) is 53.1 Å². The number of benzene rings is 1. The third-order valence-corrected chi connectivity index (χ3v) is 5.19. The van der Waals surface area contributed by atoms with E-state index in [9.17, 15) is 14.4 Å². The average molecular weight is 406 g/mol. The third kappa shape index (κ3) is 3.77. The molecule has 1 unspecified atom stereocenters. The molecule has 0 fully saturated rings. The fourth-order valence-corrected chi connectivity index (χ4v) is 3.34. The predicted octanol–water partition coefficient (Wildman–Crippen LogP) is 3.51. The minimum atomic E-state index is -0.793. The number of H-pyrrole nitrogens is 1. The number of carbonyl (C=O) groups excluding carboxylic acids is 2. The van der Waals surface area contributed by atoms with E-state index < -0.39 is 5.38 Å². The van der Waals surface area contributed by atoms with Crippen molar-refractivity contribution in [3.63, 3.8) is 0 Å². The Balaban J connectivity index is 1.87. The van der Waals surface area contributed by atoms with Crippen LogP contribution in [-0.2, 0) is 4.79 Å². The average Bonchev–Trinajstić information content (AvgIpc) is 2.64. The van der Waals surface area contributed by atoms with Crippen molar-refractivity contribution in [3.05, 3.63) is 69.3 Å². The largest absolute Gasteiger partial charge is 0.328 e. The second-order valence-electron chi connectivity index (χ2n) is 6.21. The Morgan fingerprint density at radius 3 is 2.74 bits per heavy atom. The summed E-state index contributed by atoms with van der Waals surface area (Å²) < 4.78 is 0. The van der Waals surface area contributed by atoms with E-state index in [0.717, 1.165) is 5.56 Å². The number of alkyl halides is 1. The minimum absolute atomic E-state index is 0.229. The van der Waals surface area contributed by atoms with E-state index in [0.29, 0.717) is 21.5 Å².